The van der Waals surface area contributed by atoms with Gasteiger partial charge in [0.2, 0.25) is 15.9 Å². The Morgan fingerprint density at radius 3 is 2.24 bits per heavy atom. The highest BCUT2D eigenvalue weighted by Crippen LogP contribution is 2.26. The van der Waals surface area contributed by atoms with E-state index in [0.29, 0.717) is 6.42 Å². The van der Waals surface area contributed by atoms with Crippen molar-refractivity contribution in [2.45, 2.75) is 24.8 Å². The molecular formula is C17H20N2O5S. The van der Waals surface area contributed by atoms with Crippen molar-refractivity contribution in [1.29, 1.82) is 0 Å². The van der Waals surface area contributed by atoms with Gasteiger partial charge in [-0.1, -0.05) is 25.1 Å². The highest BCUT2D eigenvalue weighted by Gasteiger charge is 2.14. The summed E-state index contributed by atoms with van der Waals surface area (Å²) >= 11 is 0. The predicted molar refractivity (Wildman–Crippen MR) is 92.3 cm³/mol. The second-order valence-corrected chi connectivity index (χ2v) is 7.40. The molecule has 8 heteroatoms. The second kappa shape index (κ2) is 7.54. The molecule has 2 aromatic carbocycles. The van der Waals surface area contributed by atoms with Crippen LogP contribution in [0.25, 0.3) is 0 Å². The second-order valence-electron chi connectivity index (χ2n) is 5.84. The first-order valence-corrected chi connectivity index (χ1v) is 9.12. The molecule has 1 atom stereocenters. The van der Waals surface area contributed by atoms with Crippen LogP contribution < -0.4 is 10.5 Å². The summed E-state index contributed by atoms with van der Waals surface area (Å²) in [6, 6.07) is 10.4. The third-order valence-corrected chi connectivity index (χ3v) is 4.68. The quantitative estimate of drug-likeness (QED) is 0.573. The number of primary sulfonamides is 1. The number of hydrogen-bond donors (Lipinski definition) is 4. The molecule has 0 aliphatic carbocycles. The van der Waals surface area contributed by atoms with Crippen LogP contribution in [0.15, 0.2) is 47.4 Å². The fourth-order valence-corrected chi connectivity index (χ4v) is 2.82. The number of carbonyl (C=O) groups excluding carboxylic acids is 1. The van der Waals surface area contributed by atoms with Crippen molar-refractivity contribution in [2.75, 3.05) is 0 Å². The van der Waals surface area contributed by atoms with Gasteiger partial charge in [-0.2, -0.15) is 0 Å². The largest absolute Gasteiger partial charge is 0.504 e. The molecule has 0 aliphatic heterocycles. The number of aromatic hydroxyl groups is 2. The average Bonchev–Trinajstić information content (AvgIpc) is 2.55. The van der Waals surface area contributed by atoms with E-state index in [9.17, 15) is 23.4 Å². The van der Waals surface area contributed by atoms with E-state index in [1.54, 1.807) is 25.1 Å². The Balaban J connectivity index is 1.91. The van der Waals surface area contributed by atoms with E-state index in [-0.39, 0.29) is 34.8 Å². The monoisotopic (exact) mass is 364 g/mol. The van der Waals surface area contributed by atoms with Gasteiger partial charge >= 0.3 is 0 Å². The molecule has 0 aromatic heterocycles. The topological polar surface area (TPSA) is 130 Å². The summed E-state index contributed by atoms with van der Waals surface area (Å²) in [6.07, 6.45) is 0.407. The molecule has 0 aliphatic rings. The van der Waals surface area contributed by atoms with Gasteiger partial charge in [-0.25, -0.2) is 13.6 Å². The van der Waals surface area contributed by atoms with Crippen LogP contribution in [0, 0.1) is 5.92 Å². The zero-order valence-corrected chi connectivity index (χ0v) is 14.5. The van der Waals surface area contributed by atoms with Crippen molar-refractivity contribution >= 4 is 15.9 Å². The Morgan fingerprint density at radius 2 is 1.68 bits per heavy atom. The summed E-state index contributed by atoms with van der Waals surface area (Å²) in [5.41, 5.74) is 1.48. The number of nitrogens with one attached hydrogen (secondary N) is 1. The fourth-order valence-electron chi connectivity index (χ4n) is 2.30. The number of sulfonamides is 1. The Labute approximate surface area is 146 Å². The first-order valence-electron chi connectivity index (χ1n) is 7.57. The predicted octanol–water partition coefficient (Wildman–Crippen LogP) is 1.24. The Morgan fingerprint density at radius 1 is 1.08 bits per heavy atom. The van der Waals surface area contributed by atoms with Crippen LogP contribution in [0.3, 0.4) is 0 Å². The number of benzene rings is 2. The van der Waals surface area contributed by atoms with Crippen LogP contribution in [0.2, 0.25) is 0 Å². The van der Waals surface area contributed by atoms with Crippen LogP contribution in [-0.2, 0) is 27.8 Å². The molecular weight excluding hydrogens is 344 g/mol. The van der Waals surface area contributed by atoms with Crippen molar-refractivity contribution in [1.82, 2.24) is 5.32 Å². The lowest BCUT2D eigenvalue weighted by Gasteiger charge is -2.13. The number of carbonyl (C=O) groups is 1. The Bertz CT molecular complexity index is 863. The minimum absolute atomic E-state index is 0.0167. The van der Waals surface area contributed by atoms with Gasteiger partial charge in [0.15, 0.2) is 11.5 Å². The molecule has 2 rings (SSSR count). The fraction of sp³-hybridized carbons (Fsp3) is 0.235. The van der Waals surface area contributed by atoms with E-state index >= 15 is 0 Å². The van der Waals surface area contributed by atoms with Crippen LogP contribution in [0.5, 0.6) is 11.5 Å². The Hall–Kier alpha value is -2.58. The number of nitrogens with two attached hydrogens (primary N) is 1. The summed E-state index contributed by atoms with van der Waals surface area (Å²) < 4.78 is 22.4. The standard InChI is InChI=1S/C17H20N2O5S/c1-11(8-13-4-7-15(20)16(21)9-13)17(22)19-10-12-2-5-14(6-3-12)25(18,23)24/h2-7,9,11,20-21H,8,10H2,1H3,(H,19,22)(H2,18,23,24). The maximum atomic E-state index is 12.2. The lowest BCUT2D eigenvalue weighted by atomic mass is 10.00. The van der Waals surface area contributed by atoms with Gasteiger partial charge in [0.05, 0.1) is 4.90 Å². The maximum absolute atomic E-state index is 12.2. The van der Waals surface area contributed by atoms with Gasteiger partial charge in [-0.15, -0.1) is 0 Å². The van der Waals surface area contributed by atoms with Crippen molar-refractivity contribution in [3.05, 3.63) is 53.6 Å². The lowest BCUT2D eigenvalue weighted by Crippen LogP contribution is -2.29. The summed E-state index contributed by atoms with van der Waals surface area (Å²) in [7, 11) is -3.73. The van der Waals surface area contributed by atoms with Crippen molar-refractivity contribution in [2.24, 2.45) is 11.1 Å². The van der Waals surface area contributed by atoms with Gasteiger partial charge in [0.25, 0.3) is 0 Å². The van der Waals surface area contributed by atoms with Crippen LogP contribution in [-0.4, -0.2) is 24.5 Å². The van der Waals surface area contributed by atoms with E-state index < -0.39 is 10.0 Å². The van der Waals surface area contributed by atoms with Crippen molar-refractivity contribution < 1.29 is 23.4 Å². The Kier molecular flexibility index (Phi) is 5.66. The SMILES string of the molecule is CC(Cc1ccc(O)c(O)c1)C(=O)NCc1ccc(S(N)(=O)=O)cc1. The molecule has 0 radical (unpaired) electrons. The third kappa shape index (κ3) is 5.20. The molecule has 25 heavy (non-hydrogen) atoms. The van der Waals surface area contributed by atoms with E-state index in [2.05, 4.69) is 5.32 Å². The number of amides is 1. The van der Waals surface area contributed by atoms with Crippen LogP contribution in [0.4, 0.5) is 0 Å². The highest BCUT2D eigenvalue weighted by atomic mass is 32.2. The number of hydrogen-bond acceptors (Lipinski definition) is 5. The number of rotatable bonds is 6. The third-order valence-electron chi connectivity index (χ3n) is 3.75. The van der Waals surface area contributed by atoms with Crippen molar-refractivity contribution in [3.8, 4) is 11.5 Å². The molecule has 134 valence electrons. The van der Waals surface area contributed by atoms with E-state index in [1.807, 2.05) is 0 Å². The molecule has 0 fully saturated rings. The van der Waals surface area contributed by atoms with Gasteiger partial charge in [0.1, 0.15) is 0 Å². The summed E-state index contributed by atoms with van der Waals surface area (Å²) in [5.74, 6) is -0.945. The van der Waals surface area contributed by atoms with E-state index in [0.717, 1.165) is 11.1 Å². The molecule has 5 N–H and O–H groups in total. The first kappa shape index (κ1) is 18.8. The van der Waals surface area contributed by atoms with Gasteiger partial charge in [-0.05, 0) is 41.8 Å². The zero-order chi connectivity index (χ0) is 18.6. The molecule has 0 spiro atoms. The van der Waals surface area contributed by atoms with E-state index in [4.69, 9.17) is 5.14 Å². The number of phenolic OH excluding ortho intramolecular Hbond substituents is 2. The van der Waals surface area contributed by atoms with Gasteiger partial charge in [-0.3, -0.25) is 4.79 Å². The maximum Gasteiger partial charge on any atom is 0.238 e. The zero-order valence-electron chi connectivity index (χ0n) is 13.6. The number of phenols is 2. The molecule has 2 aromatic rings. The lowest BCUT2D eigenvalue weighted by molar-refractivity contribution is -0.124. The summed E-state index contributed by atoms with van der Waals surface area (Å²) in [4.78, 5) is 12.2. The molecule has 0 heterocycles. The van der Waals surface area contributed by atoms with Crippen LogP contribution in [0.1, 0.15) is 18.1 Å². The van der Waals surface area contributed by atoms with E-state index in [1.165, 1.54) is 24.3 Å². The highest BCUT2D eigenvalue weighted by molar-refractivity contribution is 7.89. The minimum atomic E-state index is -3.73. The summed E-state index contributed by atoms with van der Waals surface area (Å²) in [6.45, 7) is 2.01. The minimum Gasteiger partial charge on any atom is -0.504 e. The normalized spacial score (nSPS) is 12.6. The summed E-state index contributed by atoms with van der Waals surface area (Å²) in [5, 5.41) is 26.6. The van der Waals surface area contributed by atoms with Gasteiger partial charge < -0.3 is 15.5 Å². The molecule has 0 saturated heterocycles. The van der Waals surface area contributed by atoms with Crippen LogP contribution >= 0.6 is 0 Å². The van der Waals surface area contributed by atoms with Crippen molar-refractivity contribution in [3.63, 3.8) is 0 Å². The molecule has 1 amide bonds. The molecule has 7 nitrogen and oxygen atoms in total. The first-order chi connectivity index (χ1) is 11.7. The average molecular weight is 364 g/mol. The molecule has 1 unspecified atom stereocenters. The molecule has 0 saturated carbocycles. The molecule has 0 bridgehead atoms. The van der Waals surface area contributed by atoms with Gasteiger partial charge in [0, 0.05) is 12.5 Å². The smallest absolute Gasteiger partial charge is 0.238 e.